The maximum Gasteiger partial charge on any atom is 0.627 e. The van der Waals surface area contributed by atoms with Crippen molar-refractivity contribution in [2.75, 3.05) is 0 Å². The van der Waals surface area contributed by atoms with Gasteiger partial charge in [-0.3, -0.25) is 4.79 Å². The van der Waals surface area contributed by atoms with Crippen molar-refractivity contribution in [2.45, 2.75) is 6.04 Å². The second-order valence-electron chi connectivity index (χ2n) is 1.19. The molecule has 48 valence electrons. The van der Waals surface area contributed by atoms with Crippen LogP contribution in [-0.4, -0.2) is 20.2 Å². The molecule has 0 aliphatic heterocycles. The molecule has 0 aromatic heterocycles. The summed E-state index contributed by atoms with van der Waals surface area (Å²) < 4.78 is 33.2. The molecule has 0 radical (unpaired) electrons. The van der Waals surface area contributed by atoms with E-state index < -0.39 is 21.1 Å². The van der Waals surface area contributed by atoms with Gasteiger partial charge >= 0.3 is 15.0 Å². The molecule has 0 unspecified atom stereocenters. The minimum Gasteiger partial charge on any atom is -0.481 e. The molecule has 0 bridgehead atoms. The zero-order valence-corrected chi connectivity index (χ0v) is 4.70. The van der Waals surface area contributed by atoms with Crippen LogP contribution in [0.25, 0.3) is 0 Å². The molecule has 0 aromatic carbocycles. The molecule has 0 saturated carbocycles. The molecule has 1 N–H and O–H groups in total. The molecular formula is C2H3F3O2Si. The van der Waals surface area contributed by atoms with E-state index in [1.54, 1.807) is 0 Å². The van der Waals surface area contributed by atoms with Crippen LogP contribution >= 0.6 is 0 Å². The normalized spacial score (nSPS) is 11.4. The van der Waals surface area contributed by atoms with Crippen LogP contribution in [0, 0.1) is 0 Å². The summed E-state index contributed by atoms with van der Waals surface area (Å²) in [6.07, 6.45) is 0. The molecule has 6 heteroatoms. The molecule has 0 aromatic rings. The van der Waals surface area contributed by atoms with E-state index in [0.717, 1.165) is 0 Å². The Morgan fingerprint density at radius 3 is 1.88 bits per heavy atom. The van der Waals surface area contributed by atoms with Gasteiger partial charge < -0.3 is 5.11 Å². The molecule has 8 heavy (non-hydrogen) atoms. The van der Waals surface area contributed by atoms with Crippen molar-refractivity contribution in [3.63, 3.8) is 0 Å². The van der Waals surface area contributed by atoms with Crippen molar-refractivity contribution in [3.8, 4) is 0 Å². The standard InChI is InChI=1S/C2H3F3O2Si/c3-8(4,5)1-2(6)7/h1H2,(H,6,7). The summed E-state index contributed by atoms with van der Waals surface area (Å²) in [5.41, 5.74) is 0. The summed E-state index contributed by atoms with van der Waals surface area (Å²) in [6.45, 7) is 0. The molecule has 0 atom stereocenters. The summed E-state index contributed by atoms with van der Waals surface area (Å²) in [6, 6.07) is -1.62. The van der Waals surface area contributed by atoms with Crippen molar-refractivity contribution in [1.29, 1.82) is 0 Å². The molecule has 0 aliphatic rings. The Bertz CT molecular complexity index is 97.9. The van der Waals surface area contributed by atoms with E-state index in [9.17, 15) is 17.1 Å². The molecule has 0 fully saturated rings. The topological polar surface area (TPSA) is 37.3 Å². The lowest BCUT2D eigenvalue weighted by Crippen LogP contribution is -2.19. The van der Waals surface area contributed by atoms with E-state index in [2.05, 4.69) is 0 Å². The van der Waals surface area contributed by atoms with Crippen LogP contribution in [0.1, 0.15) is 0 Å². The van der Waals surface area contributed by atoms with Crippen LogP contribution in [0.5, 0.6) is 0 Å². The van der Waals surface area contributed by atoms with Crippen molar-refractivity contribution < 1.29 is 22.2 Å². The summed E-state index contributed by atoms with van der Waals surface area (Å²) in [7, 11) is -5.82. The van der Waals surface area contributed by atoms with Gasteiger partial charge in [0.15, 0.2) is 0 Å². The zero-order valence-electron chi connectivity index (χ0n) is 3.70. The van der Waals surface area contributed by atoms with Gasteiger partial charge in [-0.2, -0.15) is 0 Å². The third kappa shape index (κ3) is 5.48. The van der Waals surface area contributed by atoms with E-state index in [4.69, 9.17) is 5.11 Å². The minimum atomic E-state index is -5.82. The van der Waals surface area contributed by atoms with Gasteiger partial charge in [0.05, 0.1) is 0 Å². The van der Waals surface area contributed by atoms with Gasteiger partial charge in [-0.05, 0) is 0 Å². The van der Waals surface area contributed by atoms with E-state index >= 15 is 0 Å². The van der Waals surface area contributed by atoms with Gasteiger partial charge in [0.1, 0.15) is 6.04 Å². The highest BCUT2D eigenvalue weighted by Crippen LogP contribution is 2.13. The number of carboxylic acids is 1. The van der Waals surface area contributed by atoms with Crippen LogP contribution in [0.3, 0.4) is 0 Å². The highest BCUT2D eigenvalue weighted by atomic mass is 28.5. The highest BCUT2D eigenvalue weighted by Gasteiger charge is 2.39. The van der Waals surface area contributed by atoms with Gasteiger partial charge in [0, 0.05) is 0 Å². The fraction of sp³-hybridized carbons (Fsp3) is 0.500. The van der Waals surface area contributed by atoms with E-state index in [0.29, 0.717) is 0 Å². The first-order chi connectivity index (χ1) is 3.42. The van der Waals surface area contributed by atoms with Crippen LogP contribution in [0.15, 0.2) is 0 Å². The molecule has 0 aliphatic carbocycles. The average Bonchev–Trinajstić information content (AvgIpc) is 1.21. The van der Waals surface area contributed by atoms with Crippen molar-refractivity contribution in [1.82, 2.24) is 0 Å². The Morgan fingerprint density at radius 2 is 1.88 bits per heavy atom. The Hall–Kier alpha value is -0.523. The smallest absolute Gasteiger partial charge is 0.481 e. The van der Waals surface area contributed by atoms with Gasteiger partial charge in [0.25, 0.3) is 0 Å². The van der Waals surface area contributed by atoms with Gasteiger partial charge in [-0.15, -0.1) is 0 Å². The number of carboxylic acid groups (broad SMARTS) is 1. The molecule has 2 nitrogen and oxygen atoms in total. The molecule has 0 amide bonds. The predicted molar refractivity (Wildman–Crippen MR) is 21.5 cm³/mol. The first kappa shape index (κ1) is 7.48. The number of halogens is 3. The first-order valence-corrected chi connectivity index (χ1v) is 3.54. The Balaban J connectivity index is 3.55. The van der Waals surface area contributed by atoms with Gasteiger partial charge in [-0.1, -0.05) is 0 Å². The summed E-state index contributed by atoms with van der Waals surface area (Å²) >= 11 is 0. The lowest BCUT2D eigenvalue weighted by Gasteiger charge is -1.93. The number of hydrogen-bond donors (Lipinski definition) is 1. The third-order valence-electron chi connectivity index (χ3n) is 0.352. The first-order valence-electron chi connectivity index (χ1n) is 1.70. The lowest BCUT2D eigenvalue weighted by atomic mass is 10.8. The molecular weight excluding hydrogens is 141 g/mol. The van der Waals surface area contributed by atoms with Crippen molar-refractivity contribution in [2.24, 2.45) is 0 Å². The SMILES string of the molecule is O=C(O)C[Si](F)(F)F. The van der Waals surface area contributed by atoms with Crippen LogP contribution in [-0.2, 0) is 4.79 Å². The van der Waals surface area contributed by atoms with Crippen LogP contribution in [0.2, 0.25) is 6.04 Å². The summed E-state index contributed by atoms with van der Waals surface area (Å²) in [5, 5.41) is 7.56. The maximum absolute atomic E-state index is 11.1. The molecule has 0 saturated heterocycles. The summed E-state index contributed by atoms with van der Waals surface area (Å²) in [5.74, 6) is -1.79. The summed E-state index contributed by atoms with van der Waals surface area (Å²) in [4.78, 5) is 9.33. The van der Waals surface area contributed by atoms with E-state index in [-0.39, 0.29) is 0 Å². The Labute approximate surface area is 44.5 Å². The van der Waals surface area contributed by atoms with Gasteiger partial charge in [0.2, 0.25) is 0 Å². The van der Waals surface area contributed by atoms with Crippen molar-refractivity contribution in [3.05, 3.63) is 0 Å². The lowest BCUT2D eigenvalue weighted by molar-refractivity contribution is -0.134. The fourth-order valence-corrected chi connectivity index (χ4v) is 0.514. The number of rotatable bonds is 2. The molecule has 0 spiro atoms. The second-order valence-corrected chi connectivity index (χ2v) is 2.77. The number of carbonyl (C=O) groups is 1. The largest absolute Gasteiger partial charge is 0.627 e. The fourth-order valence-electron chi connectivity index (χ4n) is 0.171. The van der Waals surface area contributed by atoms with Crippen LogP contribution in [0.4, 0.5) is 12.3 Å². The monoisotopic (exact) mass is 144 g/mol. The van der Waals surface area contributed by atoms with Crippen LogP contribution < -0.4 is 0 Å². The highest BCUT2D eigenvalue weighted by molar-refractivity contribution is 6.61. The Kier molecular flexibility index (Phi) is 2.02. The third-order valence-corrected chi connectivity index (χ3v) is 1.06. The average molecular weight is 144 g/mol. The number of hydrogen-bond acceptors (Lipinski definition) is 1. The minimum absolute atomic E-state index is 1.62. The quantitative estimate of drug-likeness (QED) is 0.462. The number of aliphatic carboxylic acids is 1. The van der Waals surface area contributed by atoms with E-state index in [1.165, 1.54) is 0 Å². The van der Waals surface area contributed by atoms with E-state index in [1.807, 2.05) is 0 Å². The molecule has 0 heterocycles. The zero-order chi connectivity index (χ0) is 6.78. The second kappa shape index (κ2) is 2.16. The maximum atomic E-state index is 11.1. The predicted octanol–water partition coefficient (Wildman–Crippen LogP) is 0.918. The van der Waals surface area contributed by atoms with Gasteiger partial charge in [-0.25, -0.2) is 12.3 Å². The molecule has 0 rings (SSSR count). The van der Waals surface area contributed by atoms with Crippen molar-refractivity contribution >= 4 is 15.0 Å². The Morgan fingerprint density at radius 1 is 1.50 bits per heavy atom.